The van der Waals surface area contributed by atoms with Crippen molar-refractivity contribution >= 4 is 0 Å². The molecule has 1 aliphatic rings. The summed E-state index contributed by atoms with van der Waals surface area (Å²) in [6.07, 6.45) is 1.11. The van der Waals surface area contributed by atoms with Gasteiger partial charge >= 0.3 is 0 Å². The Morgan fingerprint density at radius 3 is 2.74 bits per heavy atom. The van der Waals surface area contributed by atoms with E-state index in [9.17, 15) is 0 Å². The van der Waals surface area contributed by atoms with Gasteiger partial charge in [-0.25, -0.2) is 0 Å². The van der Waals surface area contributed by atoms with Crippen molar-refractivity contribution < 1.29 is 4.74 Å². The predicted octanol–water partition coefficient (Wildman–Crippen LogP) is 3.40. The molecule has 0 unspecified atom stereocenters. The molecule has 0 fully saturated rings. The van der Waals surface area contributed by atoms with Crippen LogP contribution < -0.4 is 10.1 Å². The van der Waals surface area contributed by atoms with E-state index in [2.05, 4.69) is 47.8 Å². The molecule has 19 heavy (non-hydrogen) atoms. The molecule has 1 aliphatic heterocycles. The first kappa shape index (κ1) is 12.2. The Bertz CT molecular complexity index is 560. The summed E-state index contributed by atoms with van der Waals surface area (Å²) in [5.41, 5.74) is 5.56. The molecule has 0 radical (unpaired) electrons. The smallest absolute Gasteiger partial charge is 0.119 e. The van der Waals surface area contributed by atoms with Crippen LogP contribution in [0, 0.1) is 0 Å². The molecule has 0 bridgehead atoms. The van der Waals surface area contributed by atoms with Gasteiger partial charge in [0.1, 0.15) is 5.75 Å². The second kappa shape index (κ2) is 5.45. The molecule has 0 aliphatic carbocycles. The van der Waals surface area contributed by atoms with Gasteiger partial charge in [0.2, 0.25) is 0 Å². The molecule has 0 saturated carbocycles. The molecule has 0 aromatic heterocycles. The minimum Gasteiger partial charge on any atom is -0.494 e. The molecule has 0 amide bonds. The van der Waals surface area contributed by atoms with Crippen LogP contribution in [-0.2, 0) is 13.0 Å². The van der Waals surface area contributed by atoms with Crippen LogP contribution in [0.5, 0.6) is 5.75 Å². The third-order valence-corrected chi connectivity index (χ3v) is 3.62. The van der Waals surface area contributed by atoms with E-state index >= 15 is 0 Å². The molecular weight excluding hydrogens is 234 g/mol. The van der Waals surface area contributed by atoms with Crippen molar-refractivity contribution in [1.82, 2.24) is 5.32 Å². The Labute approximate surface area is 114 Å². The normalized spacial score (nSPS) is 13.9. The van der Waals surface area contributed by atoms with Crippen molar-refractivity contribution in [3.05, 3.63) is 53.6 Å². The van der Waals surface area contributed by atoms with Crippen LogP contribution in [0.3, 0.4) is 0 Å². The summed E-state index contributed by atoms with van der Waals surface area (Å²) in [4.78, 5) is 0. The SMILES string of the molecule is CCOc1ccc(-c2cccc3c2CCNC3)cc1. The fourth-order valence-corrected chi connectivity index (χ4v) is 2.70. The van der Waals surface area contributed by atoms with E-state index in [1.54, 1.807) is 0 Å². The van der Waals surface area contributed by atoms with E-state index in [0.29, 0.717) is 6.61 Å². The Kier molecular flexibility index (Phi) is 3.51. The topological polar surface area (TPSA) is 21.3 Å². The van der Waals surface area contributed by atoms with Gasteiger partial charge < -0.3 is 10.1 Å². The zero-order valence-corrected chi connectivity index (χ0v) is 11.3. The first-order valence-corrected chi connectivity index (χ1v) is 6.93. The summed E-state index contributed by atoms with van der Waals surface area (Å²) < 4.78 is 5.50. The molecule has 2 nitrogen and oxygen atoms in total. The largest absolute Gasteiger partial charge is 0.494 e. The van der Waals surface area contributed by atoms with E-state index in [1.165, 1.54) is 22.3 Å². The summed E-state index contributed by atoms with van der Waals surface area (Å²) in [6.45, 7) is 4.78. The highest BCUT2D eigenvalue weighted by Crippen LogP contribution is 2.29. The maximum absolute atomic E-state index is 5.50. The zero-order valence-electron chi connectivity index (χ0n) is 11.3. The van der Waals surface area contributed by atoms with Gasteiger partial charge in [-0.15, -0.1) is 0 Å². The van der Waals surface area contributed by atoms with Crippen LogP contribution in [0.1, 0.15) is 18.1 Å². The first-order chi connectivity index (χ1) is 9.38. The third kappa shape index (κ3) is 2.49. The minimum absolute atomic E-state index is 0.714. The van der Waals surface area contributed by atoms with Gasteiger partial charge in [-0.3, -0.25) is 0 Å². The average molecular weight is 253 g/mol. The second-order valence-corrected chi connectivity index (χ2v) is 4.83. The lowest BCUT2D eigenvalue weighted by atomic mass is 9.91. The Hall–Kier alpha value is -1.80. The van der Waals surface area contributed by atoms with Crippen molar-refractivity contribution in [1.29, 1.82) is 0 Å². The highest BCUT2D eigenvalue weighted by atomic mass is 16.5. The Morgan fingerprint density at radius 2 is 1.95 bits per heavy atom. The van der Waals surface area contributed by atoms with Crippen LogP contribution in [0.2, 0.25) is 0 Å². The standard InChI is InChI=1S/C17H19NO/c1-2-19-15-8-6-13(7-9-15)16-5-3-4-14-12-18-11-10-17(14)16/h3-9,18H,2,10-12H2,1H3. The van der Waals surface area contributed by atoms with Gasteiger partial charge in [-0.05, 0) is 54.3 Å². The lowest BCUT2D eigenvalue weighted by Gasteiger charge is -2.20. The molecule has 2 aromatic carbocycles. The molecule has 2 heteroatoms. The maximum atomic E-state index is 5.50. The summed E-state index contributed by atoms with van der Waals surface area (Å²) in [5.74, 6) is 0.942. The maximum Gasteiger partial charge on any atom is 0.119 e. The van der Waals surface area contributed by atoms with E-state index < -0.39 is 0 Å². The van der Waals surface area contributed by atoms with E-state index in [0.717, 1.165) is 25.3 Å². The van der Waals surface area contributed by atoms with Gasteiger partial charge in [0.05, 0.1) is 6.61 Å². The predicted molar refractivity (Wildman–Crippen MR) is 78.5 cm³/mol. The fourth-order valence-electron chi connectivity index (χ4n) is 2.70. The minimum atomic E-state index is 0.714. The first-order valence-electron chi connectivity index (χ1n) is 6.93. The highest BCUT2D eigenvalue weighted by Gasteiger charge is 2.13. The quantitative estimate of drug-likeness (QED) is 0.905. The average Bonchev–Trinajstić information content (AvgIpc) is 2.48. The highest BCUT2D eigenvalue weighted by molar-refractivity contribution is 5.69. The number of hydrogen-bond acceptors (Lipinski definition) is 2. The van der Waals surface area contributed by atoms with Crippen LogP contribution in [0.4, 0.5) is 0 Å². The molecule has 0 saturated heterocycles. The van der Waals surface area contributed by atoms with Gasteiger partial charge in [0.15, 0.2) is 0 Å². The number of fused-ring (bicyclic) bond motifs is 1. The number of benzene rings is 2. The monoisotopic (exact) mass is 253 g/mol. The molecule has 98 valence electrons. The van der Waals surface area contributed by atoms with E-state index in [-0.39, 0.29) is 0 Å². The van der Waals surface area contributed by atoms with E-state index in [4.69, 9.17) is 4.74 Å². The van der Waals surface area contributed by atoms with Crippen LogP contribution in [-0.4, -0.2) is 13.2 Å². The van der Waals surface area contributed by atoms with Gasteiger partial charge in [-0.2, -0.15) is 0 Å². The van der Waals surface area contributed by atoms with Crippen LogP contribution >= 0.6 is 0 Å². The third-order valence-electron chi connectivity index (χ3n) is 3.62. The molecule has 2 aromatic rings. The lowest BCUT2D eigenvalue weighted by Crippen LogP contribution is -2.23. The van der Waals surface area contributed by atoms with Crippen LogP contribution in [0.15, 0.2) is 42.5 Å². The molecule has 3 rings (SSSR count). The van der Waals surface area contributed by atoms with Gasteiger partial charge in [0, 0.05) is 6.54 Å². The number of ether oxygens (including phenoxy) is 1. The van der Waals surface area contributed by atoms with Gasteiger partial charge in [-0.1, -0.05) is 30.3 Å². The van der Waals surface area contributed by atoms with Crippen LogP contribution in [0.25, 0.3) is 11.1 Å². The summed E-state index contributed by atoms with van der Waals surface area (Å²) in [5, 5.41) is 3.43. The summed E-state index contributed by atoms with van der Waals surface area (Å²) in [6, 6.07) is 15.0. The summed E-state index contributed by atoms with van der Waals surface area (Å²) in [7, 11) is 0. The van der Waals surface area contributed by atoms with Crippen molar-refractivity contribution in [3.63, 3.8) is 0 Å². The van der Waals surface area contributed by atoms with Crippen molar-refractivity contribution in [2.24, 2.45) is 0 Å². The Morgan fingerprint density at radius 1 is 1.11 bits per heavy atom. The van der Waals surface area contributed by atoms with Crippen molar-refractivity contribution in [3.8, 4) is 16.9 Å². The number of rotatable bonds is 3. The molecule has 0 spiro atoms. The molecule has 1 heterocycles. The second-order valence-electron chi connectivity index (χ2n) is 4.83. The number of hydrogen-bond donors (Lipinski definition) is 1. The fraction of sp³-hybridized carbons (Fsp3) is 0.294. The molecular formula is C17H19NO. The zero-order chi connectivity index (χ0) is 13.1. The van der Waals surface area contributed by atoms with Crippen molar-refractivity contribution in [2.75, 3.05) is 13.2 Å². The molecule has 0 atom stereocenters. The number of nitrogens with one attached hydrogen (secondary N) is 1. The Balaban J connectivity index is 1.97. The van der Waals surface area contributed by atoms with Crippen molar-refractivity contribution in [2.45, 2.75) is 19.9 Å². The lowest BCUT2D eigenvalue weighted by molar-refractivity contribution is 0.340. The van der Waals surface area contributed by atoms with Gasteiger partial charge in [0.25, 0.3) is 0 Å². The molecule has 1 N–H and O–H groups in total. The van der Waals surface area contributed by atoms with E-state index in [1.807, 2.05) is 6.92 Å². The summed E-state index contributed by atoms with van der Waals surface area (Å²) >= 11 is 0.